The molecule has 1 N–H and O–H groups in total. The van der Waals surface area contributed by atoms with Crippen molar-refractivity contribution in [3.05, 3.63) is 23.6 Å². The molecule has 6 heteroatoms. The van der Waals surface area contributed by atoms with Crippen LogP contribution in [-0.2, 0) is 4.74 Å². The van der Waals surface area contributed by atoms with Crippen LogP contribution in [0, 0.1) is 5.82 Å². The zero-order chi connectivity index (χ0) is 14.3. The second-order valence-electron chi connectivity index (χ2n) is 3.98. The number of nitrogens with zero attached hydrogens (tertiary/aromatic N) is 2. The smallest absolute Gasteiger partial charge is 0.256 e. The quantitative estimate of drug-likeness (QED) is 0.766. The van der Waals surface area contributed by atoms with Gasteiger partial charge in [-0.3, -0.25) is 4.79 Å². The molecular weight excluding hydrogens is 249 g/mol. The lowest BCUT2D eigenvalue weighted by Crippen LogP contribution is -2.31. The first-order valence-electron chi connectivity index (χ1n) is 6.33. The van der Waals surface area contributed by atoms with Gasteiger partial charge in [-0.05, 0) is 19.9 Å². The fourth-order valence-electron chi connectivity index (χ4n) is 1.55. The van der Waals surface area contributed by atoms with Crippen molar-refractivity contribution >= 4 is 11.7 Å². The average Bonchev–Trinajstić information content (AvgIpc) is 2.41. The summed E-state index contributed by atoms with van der Waals surface area (Å²) >= 11 is 0. The molecule has 0 aliphatic heterocycles. The highest BCUT2D eigenvalue weighted by atomic mass is 19.1. The molecule has 1 heterocycles. The third-order valence-corrected chi connectivity index (χ3v) is 2.59. The summed E-state index contributed by atoms with van der Waals surface area (Å²) in [5.74, 6) is -0.886. The molecule has 0 atom stereocenters. The van der Waals surface area contributed by atoms with Gasteiger partial charge in [-0.1, -0.05) is 0 Å². The number of aromatic nitrogens is 1. The summed E-state index contributed by atoms with van der Waals surface area (Å²) in [6.45, 7) is 5.71. The Hall–Kier alpha value is -1.69. The van der Waals surface area contributed by atoms with Gasteiger partial charge in [0.05, 0.1) is 12.2 Å². The second-order valence-corrected chi connectivity index (χ2v) is 3.98. The number of halogens is 1. The Balaban J connectivity index is 2.78. The Morgan fingerprint density at radius 3 is 2.89 bits per heavy atom. The van der Waals surface area contributed by atoms with Crippen LogP contribution in [0.1, 0.15) is 24.2 Å². The molecule has 0 aliphatic carbocycles. The Morgan fingerprint density at radius 2 is 2.26 bits per heavy atom. The van der Waals surface area contributed by atoms with E-state index in [1.165, 1.54) is 17.2 Å². The van der Waals surface area contributed by atoms with Crippen molar-refractivity contribution in [3.8, 4) is 0 Å². The fourth-order valence-corrected chi connectivity index (χ4v) is 1.55. The van der Waals surface area contributed by atoms with Crippen LogP contribution in [0.4, 0.5) is 10.2 Å². The molecule has 0 fully saturated rings. The molecule has 0 bridgehead atoms. The van der Waals surface area contributed by atoms with E-state index in [0.717, 1.165) is 0 Å². The maximum atomic E-state index is 14.1. The zero-order valence-corrected chi connectivity index (χ0v) is 11.6. The Kier molecular flexibility index (Phi) is 6.21. The number of likely N-dealkylation sites (N-methyl/N-ethyl adjacent to an activating group) is 1. The standard InChI is InChI=1S/C13H20FN3O2/c1-4-15-12-11(14)10(6-7-16-12)13(18)17(3)8-9-19-5-2/h6-7H,4-5,8-9H2,1-3H3,(H,15,16). The van der Waals surface area contributed by atoms with Crippen LogP contribution in [0.15, 0.2) is 12.3 Å². The minimum atomic E-state index is -0.613. The van der Waals surface area contributed by atoms with E-state index in [1.807, 2.05) is 13.8 Å². The first-order valence-corrected chi connectivity index (χ1v) is 6.33. The normalized spacial score (nSPS) is 10.3. The van der Waals surface area contributed by atoms with E-state index in [0.29, 0.717) is 26.3 Å². The summed E-state index contributed by atoms with van der Waals surface area (Å²) in [5.41, 5.74) is 0.0185. The number of nitrogens with one attached hydrogen (secondary N) is 1. The van der Waals surface area contributed by atoms with Crippen molar-refractivity contribution in [3.63, 3.8) is 0 Å². The van der Waals surface area contributed by atoms with Gasteiger partial charge in [0.2, 0.25) is 0 Å². The van der Waals surface area contributed by atoms with Gasteiger partial charge >= 0.3 is 0 Å². The van der Waals surface area contributed by atoms with Crippen LogP contribution in [0.5, 0.6) is 0 Å². The Labute approximate surface area is 112 Å². The molecule has 0 radical (unpaired) electrons. The van der Waals surface area contributed by atoms with E-state index >= 15 is 0 Å². The van der Waals surface area contributed by atoms with Gasteiger partial charge in [-0.25, -0.2) is 9.37 Å². The second kappa shape index (κ2) is 7.68. The van der Waals surface area contributed by atoms with Crippen molar-refractivity contribution in [2.24, 2.45) is 0 Å². The average molecular weight is 269 g/mol. The van der Waals surface area contributed by atoms with Gasteiger partial charge < -0.3 is 15.0 Å². The zero-order valence-electron chi connectivity index (χ0n) is 11.6. The van der Waals surface area contributed by atoms with Gasteiger partial charge in [0.25, 0.3) is 5.91 Å². The highest BCUT2D eigenvalue weighted by molar-refractivity contribution is 5.95. The molecule has 5 nitrogen and oxygen atoms in total. The van der Waals surface area contributed by atoms with Gasteiger partial charge in [0.1, 0.15) is 0 Å². The topological polar surface area (TPSA) is 54.5 Å². The van der Waals surface area contributed by atoms with Crippen LogP contribution in [0.3, 0.4) is 0 Å². The van der Waals surface area contributed by atoms with Crippen molar-refractivity contribution in [1.29, 1.82) is 0 Å². The number of rotatable bonds is 7. The number of hydrogen-bond donors (Lipinski definition) is 1. The van der Waals surface area contributed by atoms with Crippen LogP contribution >= 0.6 is 0 Å². The molecule has 0 saturated carbocycles. The first-order chi connectivity index (χ1) is 9.11. The van der Waals surface area contributed by atoms with E-state index in [2.05, 4.69) is 10.3 Å². The summed E-state index contributed by atoms with van der Waals surface area (Å²) in [5, 5.41) is 2.78. The molecule has 0 aliphatic rings. The molecule has 1 aromatic rings. The Morgan fingerprint density at radius 1 is 1.53 bits per heavy atom. The number of anilines is 1. The summed E-state index contributed by atoms with van der Waals surface area (Å²) < 4.78 is 19.2. The number of carbonyl (C=O) groups is 1. The summed E-state index contributed by atoms with van der Waals surface area (Å²) in [6.07, 6.45) is 1.42. The molecule has 106 valence electrons. The third-order valence-electron chi connectivity index (χ3n) is 2.59. The summed E-state index contributed by atoms with van der Waals surface area (Å²) in [4.78, 5) is 17.4. The lowest BCUT2D eigenvalue weighted by atomic mass is 10.2. The maximum absolute atomic E-state index is 14.1. The van der Waals surface area contributed by atoms with Crippen molar-refractivity contribution in [1.82, 2.24) is 9.88 Å². The molecule has 0 saturated heterocycles. The fraction of sp³-hybridized carbons (Fsp3) is 0.538. The first kappa shape index (κ1) is 15.4. The van der Waals surface area contributed by atoms with Crippen LogP contribution < -0.4 is 5.32 Å². The molecule has 1 amide bonds. The molecule has 19 heavy (non-hydrogen) atoms. The van der Waals surface area contributed by atoms with Gasteiger partial charge in [-0.2, -0.15) is 0 Å². The number of amides is 1. The van der Waals surface area contributed by atoms with Crippen molar-refractivity contribution in [2.45, 2.75) is 13.8 Å². The minimum absolute atomic E-state index is 0.0185. The lowest BCUT2D eigenvalue weighted by molar-refractivity contribution is 0.0705. The van der Waals surface area contributed by atoms with Crippen molar-refractivity contribution < 1.29 is 13.9 Å². The molecule has 1 rings (SSSR count). The summed E-state index contributed by atoms with van der Waals surface area (Å²) in [6, 6.07) is 1.38. The minimum Gasteiger partial charge on any atom is -0.380 e. The SMILES string of the molecule is CCNc1nccc(C(=O)N(C)CCOCC)c1F. The maximum Gasteiger partial charge on any atom is 0.256 e. The predicted octanol–water partition coefficient (Wildman–Crippen LogP) is 1.76. The predicted molar refractivity (Wildman–Crippen MR) is 71.8 cm³/mol. The van der Waals surface area contributed by atoms with Crippen LogP contribution in [0.2, 0.25) is 0 Å². The summed E-state index contributed by atoms with van der Waals surface area (Å²) in [7, 11) is 1.62. The van der Waals surface area contributed by atoms with E-state index < -0.39 is 5.82 Å². The highest BCUT2D eigenvalue weighted by Crippen LogP contribution is 2.16. The van der Waals surface area contributed by atoms with Crippen LogP contribution in [0.25, 0.3) is 0 Å². The largest absolute Gasteiger partial charge is 0.380 e. The molecule has 1 aromatic heterocycles. The third kappa shape index (κ3) is 4.17. The number of hydrogen-bond acceptors (Lipinski definition) is 4. The van der Waals surface area contributed by atoms with Gasteiger partial charge in [-0.15, -0.1) is 0 Å². The number of ether oxygens (including phenoxy) is 1. The van der Waals surface area contributed by atoms with Gasteiger partial charge in [0.15, 0.2) is 11.6 Å². The van der Waals surface area contributed by atoms with Crippen molar-refractivity contribution in [2.75, 3.05) is 38.7 Å². The number of carbonyl (C=O) groups excluding carboxylic acids is 1. The van der Waals surface area contributed by atoms with E-state index in [1.54, 1.807) is 7.05 Å². The Bertz CT molecular complexity index is 426. The van der Waals surface area contributed by atoms with Crippen LogP contribution in [-0.4, -0.2) is 49.1 Å². The lowest BCUT2D eigenvalue weighted by Gasteiger charge is -2.18. The van der Waals surface area contributed by atoms with E-state index in [9.17, 15) is 9.18 Å². The molecule has 0 unspecified atom stereocenters. The monoisotopic (exact) mass is 269 g/mol. The molecule has 0 aromatic carbocycles. The van der Waals surface area contributed by atoms with Gasteiger partial charge in [0, 0.05) is 32.9 Å². The molecular formula is C13H20FN3O2. The molecule has 0 spiro atoms. The number of pyridine rings is 1. The highest BCUT2D eigenvalue weighted by Gasteiger charge is 2.18. The van der Waals surface area contributed by atoms with E-state index in [4.69, 9.17) is 4.74 Å². The van der Waals surface area contributed by atoms with E-state index in [-0.39, 0.29) is 17.3 Å².